The molecule has 0 fully saturated rings. The lowest BCUT2D eigenvalue weighted by molar-refractivity contribution is -0.119. The number of carbonyl (C=O) groups excluding carboxylic acids is 2. The van der Waals surface area contributed by atoms with Crippen LogP contribution in [0.5, 0.6) is 5.75 Å². The van der Waals surface area contributed by atoms with Crippen molar-refractivity contribution in [3.63, 3.8) is 0 Å². The van der Waals surface area contributed by atoms with E-state index >= 15 is 0 Å². The molecule has 1 unspecified atom stereocenters. The molecule has 2 rings (SSSR count). The van der Waals surface area contributed by atoms with Crippen LogP contribution in [0.4, 0.5) is 4.79 Å². The first-order chi connectivity index (χ1) is 19.3. The Morgan fingerprint density at radius 1 is 0.900 bits per heavy atom. The molecule has 0 saturated carbocycles. The van der Waals surface area contributed by atoms with Crippen molar-refractivity contribution in [2.24, 2.45) is 10.7 Å². The van der Waals surface area contributed by atoms with Gasteiger partial charge in [-0.1, -0.05) is 42.5 Å². The molecule has 0 aliphatic rings. The lowest BCUT2D eigenvalue weighted by Crippen LogP contribution is -2.44. The Balaban J connectivity index is 1.83. The number of nitrogens with zero attached hydrogens (tertiary/aromatic N) is 1. The van der Waals surface area contributed by atoms with Crippen LogP contribution in [-0.2, 0) is 22.6 Å². The third kappa shape index (κ3) is 15.4. The van der Waals surface area contributed by atoms with Gasteiger partial charge in [-0.3, -0.25) is 4.79 Å². The Morgan fingerprint density at radius 3 is 2.20 bits per heavy atom. The predicted octanol–water partition coefficient (Wildman–Crippen LogP) is 4.00. The second-order valence-electron chi connectivity index (χ2n) is 10.6. The van der Waals surface area contributed by atoms with E-state index in [0.29, 0.717) is 19.6 Å². The predicted molar refractivity (Wildman–Crippen MR) is 161 cm³/mol. The summed E-state index contributed by atoms with van der Waals surface area (Å²) >= 11 is 0. The zero-order chi connectivity index (χ0) is 29.1. The van der Waals surface area contributed by atoms with Gasteiger partial charge in [-0.2, -0.15) is 0 Å². The van der Waals surface area contributed by atoms with E-state index in [0.717, 1.165) is 62.3 Å². The number of rotatable bonds is 18. The van der Waals surface area contributed by atoms with Gasteiger partial charge in [0.15, 0.2) is 0 Å². The fourth-order valence-corrected chi connectivity index (χ4v) is 3.74. The van der Waals surface area contributed by atoms with Gasteiger partial charge in [-0.25, -0.2) is 9.79 Å². The van der Waals surface area contributed by atoms with E-state index < -0.39 is 23.6 Å². The van der Waals surface area contributed by atoms with Crippen molar-refractivity contribution in [2.45, 2.75) is 71.1 Å². The van der Waals surface area contributed by atoms with Crippen molar-refractivity contribution < 1.29 is 19.1 Å². The number of aliphatic imine (C=N–C) groups is 1. The Kier molecular flexibility index (Phi) is 15.6. The van der Waals surface area contributed by atoms with Gasteiger partial charge in [-0.05, 0) is 95.9 Å². The van der Waals surface area contributed by atoms with E-state index in [9.17, 15) is 9.59 Å². The Morgan fingerprint density at radius 2 is 1.55 bits per heavy atom. The fraction of sp³-hybridized carbons (Fsp3) is 0.516. The highest BCUT2D eigenvalue weighted by Gasteiger charge is 2.24. The number of alkyl carbamates (subject to hydrolysis) is 1. The van der Waals surface area contributed by atoms with Crippen LogP contribution in [0.2, 0.25) is 0 Å². The quantitative estimate of drug-likeness (QED) is 0.162. The van der Waals surface area contributed by atoms with Crippen molar-refractivity contribution >= 4 is 18.2 Å². The minimum Gasteiger partial charge on any atom is -0.489 e. The summed E-state index contributed by atoms with van der Waals surface area (Å²) in [5, 5.41) is 9.42. The van der Waals surface area contributed by atoms with Gasteiger partial charge in [0, 0.05) is 19.2 Å². The summed E-state index contributed by atoms with van der Waals surface area (Å²) in [4.78, 5) is 29.5. The second kappa shape index (κ2) is 18.9. The number of benzene rings is 2. The number of carbonyl (C=O) groups is 2. The van der Waals surface area contributed by atoms with Crippen molar-refractivity contribution in [3.05, 3.63) is 65.7 Å². The SMILES string of the molecule is CC(C)(C)OC(=O)NC(Cc1ccc(OCc2ccccc2)cc1)C(=O)/N=C/CCNCCCCNCCCN. The van der Waals surface area contributed by atoms with Crippen LogP contribution in [-0.4, -0.2) is 62.6 Å². The Hall–Kier alpha value is -3.27. The highest BCUT2D eigenvalue weighted by molar-refractivity contribution is 5.91. The third-order valence-corrected chi connectivity index (χ3v) is 5.78. The molecule has 2 amide bonds. The van der Waals surface area contributed by atoms with Gasteiger partial charge in [0.25, 0.3) is 5.91 Å². The molecule has 0 heterocycles. The van der Waals surface area contributed by atoms with Gasteiger partial charge in [0.2, 0.25) is 0 Å². The number of unbranched alkanes of at least 4 members (excludes halogenated alkanes) is 1. The summed E-state index contributed by atoms with van der Waals surface area (Å²) in [5.74, 6) is 0.308. The lowest BCUT2D eigenvalue weighted by Gasteiger charge is -2.22. The largest absolute Gasteiger partial charge is 0.489 e. The Bertz CT molecular complexity index is 1010. The first-order valence-corrected chi connectivity index (χ1v) is 14.2. The number of hydrogen-bond acceptors (Lipinski definition) is 7. The van der Waals surface area contributed by atoms with E-state index in [2.05, 4.69) is 20.9 Å². The molecule has 9 nitrogen and oxygen atoms in total. The van der Waals surface area contributed by atoms with E-state index in [1.807, 2.05) is 54.6 Å². The van der Waals surface area contributed by atoms with Gasteiger partial charge in [-0.15, -0.1) is 0 Å². The first-order valence-electron chi connectivity index (χ1n) is 14.2. The summed E-state index contributed by atoms with van der Waals surface area (Å²) in [5.41, 5.74) is 6.76. The van der Waals surface area contributed by atoms with Gasteiger partial charge in [0.1, 0.15) is 24.0 Å². The minimum absolute atomic E-state index is 0.284. The van der Waals surface area contributed by atoms with Crippen LogP contribution >= 0.6 is 0 Å². The maximum atomic E-state index is 12.9. The lowest BCUT2D eigenvalue weighted by atomic mass is 10.1. The maximum Gasteiger partial charge on any atom is 0.408 e. The molecule has 0 bridgehead atoms. The zero-order valence-electron chi connectivity index (χ0n) is 24.3. The topological polar surface area (TPSA) is 127 Å². The molecule has 0 aliphatic heterocycles. The molecule has 0 saturated heterocycles. The summed E-state index contributed by atoms with van der Waals surface area (Å²) in [6.07, 6.45) is 5.03. The summed E-state index contributed by atoms with van der Waals surface area (Å²) < 4.78 is 11.2. The van der Waals surface area contributed by atoms with E-state index in [4.69, 9.17) is 15.2 Å². The van der Waals surface area contributed by atoms with Crippen LogP contribution in [0.25, 0.3) is 0 Å². The normalized spacial score (nSPS) is 12.3. The molecule has 0 spiro atoms. The van der Waals surface area contributed by atoms with Crippen LogP contribution in [0.3, 0.4) is 0 Å². The smallest absolute Gasteiger partial charge is 0.408 e. The number of ether oxygens (including phenoxy) is 2. The van der Waals surface area contributed by atoms with Gasteiger partial charge < -0.3 is 31.2 Å². The molecule has 5 N–H and O–H groups in total. The van der Waals surface area contributed by atoms with E-state index in [1.54, 1.807) is 27.0 Å². The van der Waals surface area contributed by atoms with Gasteiger partial charge in [0.05, 0.1) is 0 Å². The van der Waals surface area contributed by atoms with E-state index in [-0.39, 0.29) is 6.42 Å². The molecule has 0 aromatic heterocycles. The molecule has 1 atom stereocenters. The first kappa shape index (κ1) is 32.9. The minimum atomic E-state index is -0.845. The summed E-state index contributed by atoms with van der Waals surface area (Å²) in [7, 11) is 0. The average Bonchev–Trinajstić information content (AvgIpc) is 2.92. The molecule has 9 heteroatoms. The fourth-order valence-electron chi connectivity index (χ4n) is 3.74. The Labute approximate surface area is 239 Å². The number of hydrogen-bond donors (Lipinski definition) is 4. The standard InChI is InChI=1S/C31H47N5O4/c1-31(2,3)40-30(38)36-28(29(37)35-22-10-21-34-19-8-7-18-33-20-9-17-32)23-25-13-15-27(16-14-25)39-24-26-11-5-4-6-12-26/h4-6,11-16,22,28,33-34H,7-10,17-21,23-24,32H2,1-3H3,(H,36,38)/b35-22+. The molecule has 220 valence electrons. The number of amides is 2. The summed E-state index contributed by atoms with van der Waals surface area (Å²) in [6.45, 7) is 10.1. The van der Waals surface area contributed by atoms with Crippen molar-refractivity contribution in [2.75, 3.05) is 32.7 Å². The van der Waals surface area contributed by atoms with Crippen LogP contribution in [0.1, 0.15) is 57.6 Å². The molecule has 0 aliphatic carbocycles. The van der Waals surface area contributed by atoms with Crippen LogP contribution in [0.15, 0.2) is 59.6 Å². The number of nitrogens with one attached hydrogen (secondary N) is 3. The van der Waals surface area contributed by atoms with Crippen molar-refractivity contribution in [1.82, 2.24) is 16.0 Å². The molecule has 40 heavy (non-hydrogen) atoms. The molecule has 0 radical (unpaired) electrons. The van der Waals surface area contributed by atoms with E-state index in [1.165, 1.54) is 0 Å². The van der Waals surface area contributed by atoms with Gasteiger partial charge >= 0.3 is 6.09 Å². The highest BCUT2D eigenvalue weighted by atomic mass is 16.6. The zero-order valence-corrected chi connectivity index (χ0v) is 24.3. The second-order valence-corrected chi connectivity index (χ2v) is 10.6. The number of nitrogens with two attached hydrogens (primary N) is 1. The molecular weight excluding hydrogens is 506 g/mol. The molecular formula is C31H47N5O4. The van der Waals surface area contributed by atoms with Crippen LogP contribution < -0.4 is 26.4 Å². The monoisotopic (exact) mass is 553 g/mol. The average molecular weight is 554 g/mol. The maximum absolute atomic E-state index is 12.9. The summed E-state index contributed by atoms with van der Waals surface area (Å²) in [6, 6.07) is 16.6. The molecule has 2 aromatic carbocycles. The highest BCUT2D eigenvalue weighted by Crippen LogP contribution is 2.16. The third-order valence-electron chi connectivity index (χ3n) is 5.78. The molecule has 2 aromatic rings. The van der Waals surface area contributed by atoms with Crippen LogP contribution in [0, 0.1) is 0 Å². The van der Waals surface area contributed by atoms with Crippen molar-refractivity contribution in [3.8, 4) is 5.75 Å². The van der Waals surface area contributed by atoms with Crippen molar-refractivity contribution in [1.29, 1.82) is 0 Å².